The summed E-state index contributed by atoms with van der Waals surface area (Å²) >= 11 is 0. The molecule has 5 nitrogen and oxygen atoms in total. The zero-order valence-corrected chi connectivity index (χ0v) is 14.9. The molecule has 0 fully saturated rings. The Hall–Kier alpha value is -1.07. The molecule has 0 amide bonds. The summed E-state index contributed by atoms with van der Waals surface area (Å²) in [6.45, 7) is 10.7. The van der Waals surface area contributed by atoms with Crippen LogP contribution in [0.25, 0.3) is 0 Å². The lowest BCUT2D eigenvalue weighted by Crippen LogP contribution is -2.27. The lowest BCUT2D eigenvalue weighted by molar-refractivity contribution is 0.401. The highest BCUT2D eigenvalue weighted by atomic mass is 15.4. The molecule has 0 aliphatic rings. The Morgan fingerprint density at radius 1 is 1.19 bits per heavy atom. The van der Waals surface area contributed by atoms with E-state index < -0.39 is 0 Å². The normalized spacial score (nSPS) is 11.7. The monoisotopic (exact) mass is 295 g/mol. The Kier molecular flexibility index (Phi) is 7.18. The van der Waals surface area contributed by atoms with E-state index in [0.29, 0.717) is 5.92 Å². The van der Waals surface area contributed by atoms with Crippen molar-refractivity contribution in [3.8, 4) is 0 Å². The number of nitrogens with one attached hydrogen (secondary N) is 1. The topological polar surface area (TPSA) is 36.3 Å². The Morgan fingerprint density at radius 3 is 2.43 bits per heavy atom. The number of rotatable bonds is 9. The van der Waals surface area contributed by atoms with Crippen molar-refractivity contribution >= 4 is 5.82 Å². The minimum absolute atomic E-state index is 0.670. The first-order valence-electron chi connectivity index (χ1n) is 7.92. The van der Waals surface area contributed by atoms with Gasteiger partial charge in [-0.15, -0.1) is 0 Å². The van der Waals surface area contributed by atoms with E-state index in [9.17, 15) is 0 Å². The van der Waals surface area contributed by atoms with E-state index in [1.54, 1.807) is 0 Å². The molecule has 5 heteroatoms. The highest BCUT2D eigenvalue weighted by Crippen LogP contribution is 2.22. The number of anilines is 1. The molecule has 0 unspecified atom stereocenters. The standard InChI is InChI=1S/C16H33N5/c1-13(2)11-17-12-15-14(3)18-21(7)16(15)20(6)10-8-9-19(4)5/h13,17H,8-12H2,1-7H3. The summed E-state index contributed by atoms with van der Waals surface area (Å²) in [5.74, 6) is 1.91. The Balaban J connectivity index is 2.70. The maximum absolute atomic E-state index is 4.60. The molecule has 0 aromatic carbocycles. The largest absolute Gasteiger partial charge is 0.360 e. The van der Waals surface area contributed by atoms with Gasteiger partial charge in [0.2, 0.25) is 0 Å². The van der Waals surface area contributed by atoms with Crippen molar-refractivity contribution < 1.29 is 0 Å². The van der Waals surface area contributed by atoms with Crippen molar-refractivity contribution in [2.24, 2.45) is 13.0 Å². The van der Waals surface area contributed by atoms with Gasteiger partial charge in [0, 0.05) is 32.7 Å². The van der Waals surface area contributed by atoms with E-state index in [1.165, 1.54) is 11.4 Å². The molecule has 21 heavy (non-hydrogen) atoms. The predicted molar refractivity (Wildman–Crippen MR) is 90.9 cm³/mol. The second-order valence-corrected chi connectivity index (χ2v) is 6.61. The van der Waals surface area contributed by atoms with Crippen LogP contribution in [0.2, 0.25) is 0 Å². The fourth-order valence-electron chi connectivity index (χ4n) is 2.59. The lowest BCUT2D eigenvalue weighted by Gasteiger charge is -2.22. The fourth-order valence-corrected chi connectivity index (χ4v) is 2.59. The van der Waals surface area contributed by atoms with Crippen LogP contribution in [0.15, 0.2) is 0 Å². The molecule has 1 rings (SSSR count). The second kappa shape index (κ2) is 8.39. The van der Waals surface area contributed by atoms with Gasteiger partial charge in [0.15, 0.2) is 0 Å². The van der Waals surface area contributed by atoms with Crippen LogP contribution in [-0.2, 0) is 13.6 Å². The molecule has 1 heterocycles. The predicted octanol–water partition coefficient (Wildman–Crippen LogP) is 1.86. The average Bonchev–Trinajstić information content (AvgIpc) is 2.63. The van der Waals surface area contributed by atoms with E-state index in [-0.39, 0.29) is 0 Å². The highest BCUT2D eigenvalue weighted by Gasteiger charge is 2.16. The number of nitrogens with zero attached hydrogens (tertiary/aromatic N) is 4. The summed E-state index contributed by atoms with van der Waals surface area (Å²) in [4.78, 5) is 4.56. The number of hydrogen-bond acceptors (Lipinski definition) is 4. The maximum atomic E-state index is 4.60. The van der Waals surface area contributed by atoms with E-state index in [1.807, 2.05) is 11.7 Å². The third-order valence-corrected chi connectivity index (χ3v) is 3.63. The van der Waals surface area contributed by atoms with Crippen molar-refractivity contribution in [1.82, 2.24) is 20.0 Å². The molecule has 1 N–H and O–H groups in total. The van der Waals surface area contributed by atoms with Crippen LogP contribution in [0.3, 0.4) is 0 Å². The zero-order valence-electron chi connectivity index (χ0n) is 14.9. The molecule has 0 aliphatic carbocycles. The maximum Gasteiger partial charge on any atom is 0.131 e. The third-order valence-electron chi connectivity index (χ3n) is 3.63. The van der Waals surface area contributed by atoms with Gasteiger partial charge in [-0.1, -0.05) is 13.8 Å². The minimum Gasteiger partial charge on any atom is -0.360 e. The molecule has 0 radical (unpaired) electrons. The van der Waals surface area contributed by atoms with Crippen molar-refractivity contribution in [3.05, 3.63) is 11.3 Å². The lowest BCUT2D eigenvalue weighted by atomic mass is 10.2. The molecule has 1 aromatic heterocycles. The van der Waals surface area contributed by atoms with Gasteiger partial charge in [0.1, 0.15) is 5.82 Å². The van der Waals surface area contributed by atoms with E-state index in [0.717, 1.165) is 38.3 Å². The van der Waals surface area contributed by atoms with Gasteiger partial charge in [0.25, 0.3) is 0 Å². The number of hydrogen-bond donors (Lipinski definition) is 1. The Bertz CT molecular complexity index is 423. The van der Waals surface area contributed by atoms with Gasteiger partial charge >= 0.3 is 0 Å². The van der Waals surface area contributed by atoms with Crippen LogP contribution in [0.5, 0.6) is 0 Å². The van der Waals surface area contributed by atoms with Crippen LogP contribution >= 0.6 is 0 Å². The summed E-state index contributed by atoms with van der Waals surface area (Å²) < 4.78 is 2.01. The average molecular weight is 295 g/mol. The summed E-state index contributed by atoms with van der Waals surface area (Å²) in [5, 5.41) is 8.13. The van der Waals surface area contributed by atoms with Gasteiger partial charge in [-0.2, -0.15) is 5.10 Å². The molecule has 0 bridgehead atoms. The van der Waals surface area contributed by atoms with Crippen molar-refractivity contribution in [1.29, 1.82) is 0 Å². The van der Waals surface area contributed by atoms with E-state index in [4.69, 9.17) is 0 Å². The SMILES string of the molecule is Cc1nn(C)c(N(C)CCCN(C)C)c1CNCC(C)C. The first-order valence-corrected chi connectivity index (χ1v) is 7.92. The van der Waals surface area contributed by atoms with E-state index >= 15 is 0 Å². The Morgan fingerprint density at radius 2 is 1.86 bits per heavy atom. The van der Waals surface area contributed by atoms with Gasteiger partial charge < -0.3 is 15.1 Å². The van der Waals surface area contributed by atoms with Gasteiger partial charge in [-0.3, -0.25) is 4.68 Å². The number of aromatic nitrogens is 2. The molecule has 0 saturated carbocycles. The van der Waals surface area contributed by atoms with Crippen LogP contribution in [0.4, 0.5) is 5.82 Å². The zero-order chi connectivity index (χ0) is 16.0. The summed E-state index contributed by atoms with van der Waals surface area (Å²) in [5.41, 5.74) is 2.45. The van der Waals surface area contributed by atoms with Gasteiger partial charge in [0.05, 0.1) is 5.69 Å². The molecular weight excluding hydrogens is 262 g/mol. The summed E-state index contributed by atoms with van der Waals surface area (Å²) in [7, 11) is 8.44. The summed E-state index contributed by atoms with van der Waals surface area (Å²) in [6, 6.07) is 0. The van der Waals surface area contributed by atoms with Crippen LogP contribution in [-0.4, -0.2) is 55.5 Å². The minimum atomic E-state index is 0.670. The fraction of sp³-hybridized carbons (Fsp3) is 0.812. The second-order valence-electron chi connectivity index (χ2n) is 6.61. The molecule has 1 aromatic rings. The van der Waals surface area contributed by atoms with Crippen molar-refractivity contribution in [3.63, 3.8) is 0 Å². The van der Waals surface area contributed by atoms with Crippen molar-refractivity contribution in [2.45, 2.75) is 33.7 Å². The Labute approximate surface area is 130 Å². The third kappa shape index (κ3) is 5.67. The molecule has 0 saturated heterocycles. The molecule has 0 atom stereocenters. The first kappa shape index (κ1) is 18.0. The smallest absolute Gasteiger partial charge is 0.131 e. The molecule has 0 spiro atoms. The molecule has 122 valence electrons. The van der Waals surface area contributed by atoms with Gasteiger partial charge in [-0.05, 0) is 46.4 Å². The molecule has 0 aliphatic heterocycles. The van der Waals surface area contributed by atoms with E-state index in [2.05, 4.69) is 62.1 Å². The quantitative estimate of drug-likeness (QED) is 0.754. The van der Waals surface area contributed by atoms with Crippen molar-refractivity contribution in [2.75, 3.05) is 45.7 Å². The number of aryl methyl sites for hydroxylation is 2. The van der Waals surface area contributed by atoms with Crippen LogP contribution in [0, 0.1) is 12.8 Å². The first-order chi connectivity index (χ1) is 9.82. The molecular formula is C16H33N5. The van der Waals surface area contributed by atoms with Crippen LogP contribution < -0.4 is 10.2 Å². The summed E-state index contributed by atoms with van der Waals surface area (Å²) in [6.07, 6.45) is 1.16. The van der Waals surface area contributed by atoms with Gasteiger partial charge in [-0.25, -0.2) is 0 Å². The van der Waals surface area contributed by atoms with Crippen LogP contribution in [0.1, 0.15) is 31.5 Å². The highest BCUT2D eigenvalue weighted by molar-refractivity contribution is 5.49.